The number of aromatic nitrogens is 3. The molecule has 1 aromatic carbocycles. The number of nitriles is 1. The zero-order chi connectivity index (χ0) is 19.7. The molecule has 0 bridgehead atoms. The van der Waals surface area contributed by atoms with Crippen molar-refractivity contribution in [1.29, 1.82) is 5.26 Å². The number of imidazole rings is 1. The molecule has 4 rings (SSSR count). The summed E-state index contributed by atoms with van der Waals surface area (Å²) in [4.78, 5) is 3.36. The molecule has 0 saturated heterocycles. The number of nitrogens with one attached hydrogen (secondary N) is 2. The number of fused-ring (bicyclic) bond motifs is 1. The van der Waals surface area contributed by atoms with Crippen molar-refractivity contribution in [3.63, 3.8) is 0 Å². The van der Waals surface area contributed by atoms with Gasteiger partial charge in [-0.05, 0) is 18.9 Å². The molecule has 1 fully saturated rings. The lowest BCUT2D eigenvalue weighted by Gasteiger charge is -2.17. The highest BCUT2D eigenvalue weighted by atomic mass is 16.5. The Morgan fingerprint density at radius 3 is 2.43 bits per heavy atom. The summed E-state index contributed by atoms with van der Waals surface area (Å²) in [7, 11) is 4.80. The first-order valence-electron chi connectivity index (χ1n) is 9.26. The van der Waals surface area contributed by atoms with Gasteiger partial charge in [-0.15, -0.1) is 0 Å². The third kappa shape index (κ3) is 2.89. The molecule has 2 aromatic heterocycles. The molecule has 146 valence electrons. The predicted octanol–water partition coefficient (Wildman–Crippen LogP) is 3.58. The number of hydrogen-bond donors (Lipinski definition) is 2. The maximum absolute atomic E-state index is 9.43. The van der Waals surface area contributed by atoms with Gasteiger partial charge in [0.25, 0.3) is 0 Å². The van der Waals surface area contributed by atoms with E-state index >= 15 is 0 Å². The Morgan fingerprint density at radius 1 is 1.11 bits per heavy atom. The van der Waals surface area contributed by atoms with Gasteiger partial charge in [0.2, 0.25) is 0 Å². The average Bonchev–Trinajstić information content (AvgIpc) is 3.45. The number of nitrogens with zero attached hydrogens (tertiary/aromatic N) is 3. The van der Waals surface area contributed by atoms with Gasteiger partial charge in [-0.2, -0.15) is 14.9 Å². The molecule has 2 N–H and O–H groups in total. The maximum Gasteiger partial charge on any atom is 0.164 e. The van der Waals surface area contributed by atoms with Crippen molar-refractivity contribution in [2.75, 3.05) is 26.6 Å². The molecule has 3 aromatic rings. The second kappa shape index (κ2) is 7.35. The second-order valence-corrected chi connectivity index (χ2v) is 6.81. The lowest BCUT2D eigenvalue weighted by molar-refractivity contribution is 0.349. The number of ether oxygens (including phenoxy) is 3. The van der Waals surface area contributed by atoms with Crippen LogP contribution in [0.5, 0.6) is 17.2 Å². The number of aromatic amines is 1. The first kappa shape index (κ1) is 18.0. The zero-order valence-electron chi connectivity index (χ0n) is 16.2. The first-order valence-corrected chi connectivity index (χ1v) is 9.26. The summed E-state index contributed by atoms with van der Waals surface area (Å²) in [6, 6.07) is 6.22. The topological polar surface area (TPSA) is 96.6 Å². The largest absolute Gasteiger partial charge is 0.496 e. The van der Waals surface area contributed by atoms with E-state index in [-0.39, 0.29) is 0 Å². The Labute approximate surface area is 163 Å². The summed E-state index contributed by atoms with van der Waals surface area (Å²) in [5.74, 6) is 2.63. The van der Waals surface area contributed by atoms with E-state index in [0.29, 0.717) is 34.5 Å². The van der Waals surface area contributed by atoms with Crippen molar-refractivity contribution in [3.05, 3.63) is 23.9 Å². The zero-order valence-corrected chi connectivity index (χ0v) is 16.2. The van der Waals surface area contributed by atoms with E-state index < -0.39 is 0 Å². The molecule has 0 radical (unpaired) electrons. The fourth-order valence-electron chi connectivity index (χ4n) is 3.82. The molecule has 0 unspecified atom stereocenters. The summed E-state index contributed by atoms with van der Waals surface area (Å²) in [6.07, 6.45) is 6.22. The fraction of sp³-hybridized carbons (Fsp3) is 0.400. The Kier molecular flexibility index (Phi) is 4.74. The minimum atomic E-state index is 0.374. The van der Waals surface area contributed by atoms with Gasteiger partial charge >= 0.3 is 0 Å². The van der Waals surface area contributed by atoms with Gasteiger partial charge in [-0.3, -0.25) is 0 Å². The normalized spacial score (nSPS) is 14.2. The molecule has 28 heavy (non-hydrogen) atoms. The minimum Gasteiger partial charge on any atom is -0.496 e. The summed E-state index contributed by atoms with van der Waals surface area (Å²) in [6.45, 7) is 0. The SMILES string of the molecule is COc1cc(OC)c(-c2[nH]c3c(C#N)cnn3c2NC2CCCC2)cc1OC. The summed E-state index contributed by atoms with van der Waals surface area (Å²) < 4.78 is 18.2. The molecule has 0 atom stereocenters. The Balaban J connectivity index is 1.92. The van der Waals surface area contributed by atoms with Gasteiger partial charge in [-0.1, -0.05) is 12.8 Å². The highest BCUT2D eigenvalue weighted by Crippen LogP contribution is 2.43. The van der Waals surface area contributed by atoms with E-state index in [1.165, 1.54) is 12.8 Å². The van der Waals surface area contributed by atoms with Gasteiger partial charge in [0.1, 0.15) is 17.4 Å². The maximum atomic E-state index is 9.43. The van der Waals surface area contributed by atoms with Crippen LogP contribution in [0.4, 0.5) is 5.82 Å². The number of rotatable bonds is 6. The smallest absolute Gasteiger partial charge is 0.164 e. The molecule has 8 heteroatoms. The van der Waals surface area contributed by atoms with Crippen LogP contribution in [0, 0.1) is 11.3 Å². The molecule has 8 nitrogen and oxygen atoms in total. The van der Waals surface area contributed by atoms with Gasteiger partial charge in [0.15, 0.2) is 23.0 Å². The van der Waals surface area contributed by atoms with Crippen molar-refractivity contribution in [2.45, 2.75) is 31.7 Å². The number of hydrogen-bond acceptors (Lipinski definition) is 6. The highest BCUT2D eigenvalue weighted by molar-refractivity contribution is 5.83. The molecule has 0 aliphatic heterocycles. The lowest BCUT2D eigenvalue weighted by atomic mass is 10.1. The Bertz CT molecular complexity index is 1040. The van der Waals surface area contributed by atoms with E-state index in [1.54, 1.807) is 38.1 Å². The van der Waals surface area contributed by atoms with Crippen molar-refractivity contribution in [1.82, 2.24) is 14.6 Å². The fourth-order valence-corrected chi connectivity index (χ4v) is 3.82. The van der Waals surface area contributed by atoms with E-state index in [9.17, 15) is 5.26 Å². The molecule has 0 amide bonds. The average molecular weight is 381 g/mol. The number of benzene rings is 1. The third-order valence-electron chi connectivity index (χ3n) is 5.25. The van der Waals surface area contributed by atoms with Crippen LogP contribution in [0.15, 0.2) is 18.3 Å². The van der Waals surface area contributed by atoms with Crippen LogP contribution in [0.2, 0.25) is 0 Å². The molecule has 1 aliphatic carbocycles. The van der Waals surface area contributed by atoms with E-state index in [4.69, 9.17) is 14.2 Å². The summed E-state index contributed by atoms with van der Waals surface area (Å²) in [5, 5.41) is 17.5. The van der Waals surface area contributed by atoms with Crippen LogP contribution < -0.4 is 19.5 Å². The summed E-state index contributed by atoms with van der Waals surface area (Å²) in [5.41, 5.74) is 2.73. The standard InChI is InChI=1S/C20H23N5O3/c1-26-15-9-17(28-3)16(27-2)8-14(15)18-20(23-13-6-4-5-7-13)25-19(24-18)12(10-21)11-22-25/h8-9,11,13,23-24H,4-7H2,1-3H3. The molecular formula is C20H23N5O3. The minimum absolute atomic E-state index is 0.374. The molecule has 1 saturated carbocycles. The monoisotopic (exact) mass is 381 g/mol. The molecular weight excluding hydrogens is 358 g/mol. The number of anilines is 1. The Morgan fingerprint density at radius 2 is 1.79 bits per heavy atom. The van der Waals surface area contributed by atoms with Gasteiger partial charge in [-0.25, -0.2) is 0 Å². The van der Waals surface area contributed by atoms with E-state index in [1.807, 2.05) is 6.07 Å². The van der Waals surface area contributed by atoms with Crippen LogP contribution in [0.1, 0.15) is 31.2 Å². The van der Waals surface area contributed by atoms with Crippen LogP contribution in [0.25, 0.3) is 16.9 Å². The third-order valence-corrected chi connectivity index (χ3v) is 5.25. The van der Waals surface area contributed by atoms with Crippen LogP contribution in [-0.4, -0.2) is 42.0 Å². The molecule has 2 heterocycles. The van der Waals surface area contributed by atoms with Crippen LogP contribution >= 0.6 is 0 Å². The van der Waals surface area contributed by atoms with Crippen molar-refractivity contribution >= 4 is 11.5 Å². The summed E-state index contributed by atoms with van der Waals surface area (Å²) >= 11 is 0. The first-order chi connectivity index (χ1) is 13.7. The van der Waals surface area contributed by atoms with E-state index in [2.05, 4.69) is 21.5 Å². The van der Waals surface area contributed by atoms with Gasteiger partial charge in [0, 0.05) is 17.7 Å². The van der Waals surface area contributed by atoms with Gasteiger partial charge < -0.3 is 24.5 Å². The van der Waals surface area contributed by atoms with E-state index in [0.717, 1.165) is 29.9 Å². The lowest BCUT2D eigenvalue weighted by Crippen LogP contribution is -2.16. The Hall–Kier alpha value is -3.34. The van der Waals surface area contributed by atoms with Gasteiger partial charge in [0.05, 0.1) is 33.2 Å². The van der Waals surface area contributed by atoms with Crippen LogP contribution in [0.3, 0.4) is 0 Å². The van der Waals surface area contributed by atoms with Crippen LogP contribution in [-0.2, 0) is 0 Å². The van der Waals surface area contributed by atoms with Crippen molar-refractivity contribution in [2.24, 2.45) is 0 Å². The number of H-pyrrole nitrogens is 1. The second-order valence-electron chi connectivity index (χ2n) is 6.81. The van der Waals surface area contributed by atoms with Crippen molar-refractivity contribution < 1.29 is 14.2 Å². The highest BCUT2D eigenvalue weighted by Gasteiger charge is 2.25. The molecule has 0 spiro atoms. The predicted molar refractivity (Wildman–Crippen MR) is 105 cm³/mol. The van der Waals surface area contributed by atoms with Crippen molar-refractivity contribution in [3.8, 4) is 34.6 Å². The molecule has 1 aliphatic rings. The number of methoxy groups -OCH3 is 3. The quantitative estimate of drug-likeness (QED) is 0.677.